The normalized spacial score (nSPS) is 25.9. The molecular weight excluding hydrogens is 184 g/mol. The summed E-state index contributed by atoms with van der Waals surface area (Å²) in [7, 11) is 0. The molecule has 0 aromatic carbocycles. The summed E-state index contributed by atoms with van der Waals surface area (Å²) in [4.78, 5) is 2.49. The molecule has 86 valence electrons. The molecule has 1 heterocycles. The SMILES string of the molecule is CC(C)C1CCCN(C(C)CC#N)CC1. The van der Waals surface area contributed by atoms with Crippen molar-refractivity contribution in [3.63, 3.8) is 0 Å². The van der Waals surface area contributed by atoms with Crippen LogP contribution in [0.25, 0.3) is 0 Å². The third-order valence-electron chi connectivity index (χ3n) is 3.76. The van der Waals surface area contributed by atoms with Gasteiger partial charge in [-0.1, -0.05) is 13.8 Å². The summed E-state index contributed by atoms with van der Waals surface area (Å²) in [5, 5.41) is 8.70. The predicted molar refractivity (Wildman–Crippen MR) is 63.4 cm³/mol. The third kappa shape index (κ3) is 3.83. The fourth-order valence-electron chi connectivity index (χ4n) is 2.51. The molecule has 0 radical (unpaired) electrons. The third-order valence-corrected chi connectivity index (χ3v) is 3.76. The first-order chi connectivity index (χ1) is 7.15. The van der Waals surface area contributed by atoms with Crippen molar-refractivity contribution in [2.45, 2.75) is 52.5 Å². The highest BCUT2D eigenvalue weighted by atomic mass is 15.1. The van der Waals surface area contributed by atoms with Gasteiger partial charge in [0.25, 0.3) is 0 Å². The largest absolute Gasteiger partial charge is 0.300 e. The second kappa shape index (κ2) is 6.12. The number of hydrogen-bond acceptors (Lipinski definition) is 2. The molecule has 1 aliphatic rings. The molecule has 1 aliphatic heterocycles. The van der Waals surface area contributed by atoms with Crippen LogP contribution < -0.4 is 0 Å². The van der Waals surface area contributed by atoms with E-state index in [1.807, 2.05) is 0 Å². The predicted octanol–water partition coefficient (Wildman–Crippen LogP) is 3.05. The Balaban J connectivity index is 2.42. The van der Waals surface area contributed by atoms with Crippen molar-refractivity contribution in [1.82, 2.24) is 4.90 Å². The zero-order valence-electron chi connectivity index (χ0n) is 10.4. The van der Waals surface area contributed by atoms with E-state index in [9.17, 15) is 0 Å². The van der Waals surface area contributed by atoms with E-state index in [0.717, 1.165) is 11.8 Å². The van der Waals surface area contributed by atoms with Gasteiger partial charge >= 0.3 is 0 Å². The molecular formula is C13H24N2. The van der Waals surface area contributed by atoms with Crippen molar-refractivity contribution in [2.24, 2.45) is 11.8 Å². The van der Waals surface area contributed by atoms with E-state index in [-0.39, 0.29) is 0 Å². The van der Waals surface area contributed by atoms with E-state index in [2.05, 4.69) is 31.7 Å². The van der Waals surface area contributed by atoms with Crippen molar-refractivity contribution < 1.29 is 0 Å². The van der Waals surface area contributed by atoms with Crippen LogP contribution in [0.2, 0.25) is 0 Å². The van der Waals surface area contributed by atoms with Crippen LogP contribution in [0, 0.1) is 23.2 Å². The van der Waals surface area contributed by atoms with Gasteiger partial charge in [-0.05, 0) is 51.1 Å². The monoisotopic (exact) mass is 208 g/mol. The summed E-state index contributed by atoms with van der Waals surface area (Å²) in [5.74, 6) is 1.71. The molecule has 1 rings (SSSR count). The minimum absolute atomic E-state index is 0.445. The highest BCUT2D eigenvalue weighted by Gasteiger charge is 2.21. The van der Waals surface area contributed by atoms with Crippen LogP contribution >= 0.6 is 0 Å². The van der Waals surface area contributed by atoms with Crippen molar-refractivity contribution in [3.8, 4) is 6.07 Å². The Morgan fingerprint density at radius 3 is 2.60 bits per heavy atom. The van der Waals surface area contributed by atoms with Gasteiger partial charge in [-0.25, -0.2) is 0 Å². The summed E-state index contributed by atoms with van der Waals surface area (Å²) in [6.45, 7) is 9.22. The minimum Gasteiger partial charge on any atom is -0.300 e. The lowest BCUT2D eigenvalue weighted by atomic mass is 9.89. The van der Waals surface area contributed by atoms with Gasteiger partial charge in [-0.2, -0.15) is 5.26 Å². The second-order valence-electron chi connectivity index (χ2n) is 5.18. The highest BCUT2D eigenvalue weighted by Crippen LogP contribution is 2.25. The first-order valence-electron chi connectivity index (χ1n) is 6.26. The van der Waals surface area contributed by atoms with E-state index < -0.39 is 0 Å². The molecule has 1 fully saturated rings. The average Bonchev–Trinajstić information content (AvgIpc) is 2.43. The molecule has 0 saturated carbocycles. The maximum Gasteiger partial charge on any atom is 0.0638 e. The molecule has 2 unspecified atom stereocenters. The fourth-order valence-corrected chi connectivity index (χ4v) is 2.51. The minimum atomic E-state index is 0.445. The van der Waals surface area contributed by atoms with E-state index in [4.69, 9.17) is 5.26 Å². The van der Waals surface area contributed by atoms with Crippen LogP contribution in [0.15, 0.2) is 0 Å². The zero-order chi connectivity index (χ0) is 11.3. The summed E-state index contributed by atoms with van der Waals surface area (Å²) in [6.07, 6.45) is 4.66. The number of nitrogens with zero attached hydrogens (tertiary/aromatic N) is 2. The second-order valence-corrected chi connectivity index (χ2v) is 5.18. The van der Waals surface area contributed by atoms with E-state index >= 15 is 0 Å². The molecule has 2 nitrogen and oxygen atoms in total. The van der Waals surface area contributed by atoms with Crippen molar-refractivity contribution in [3.05, 3.63) is 0 Å². The van der Waals surface area contributed by atoms with Crippen molar-refractivity contribution >= 4 is 0 Å². The summed E-state index contributed by atoms with van der Waals surface area (Å²) in [6, 6.07) is 2.72. The maximum absolute atomic E-state index is 8.70. The molecule has 2 atom stereocenters. The Kier molecular flexibility index (Phi) is 5.11. The van der Waals surface area contributed by atoms with E-state index in [1.54, 1.807) is 0 Å². The highest BCUT2D eigenvalue weighted by molar-refractivity contribution is 4.82. The lowest BCUT2D eigenvalue weighted by Gasteiger charge is -2.26. The number of likely N-dealkylation sites (tertiary alicyclic amines) is 1. The van der Waals surface area contributed by atoms with Gasteiger partial charge in [-0.15, -0.1) is 0 Å². The number of nitriles is 1. The zero-order valence-corrected chi connectivity index (χ0v) is 10.4. The topological polar surface area (TPSA) is 27.0 Å². The lowest BCUT2D eigenvalue weighted by Crippen LogP contribution is -2.33. The summed E-state index contributed by atoms with van der Waals surface area (Å²) < 4.78 is 0. The number of hydrogen-bond donors (Lipinski definition) is 0. The van der Waals surface area contributed by atoms with Crippen LogP contribution in [-0.4, -0.2) is 24.0 Å². The Morgan fingerprint density at radius 2 is 2.00 bits per heavy atom. The molecule has 0 aliphatic carbocycles. The summed E-state index contributed by atoms with van der Waals surface area (Å²) in [5.41, 5.74) is 0. The average molecular weight is 208 g/mol. The van der Waals surface area contributed by atoms with Gasteiger partial charge in [0.05, 0.1) is 12.5 Å². The van der Waals surface area contributed by atoms with E-state index in [1.165, 1.54) is 32.4 Å². The maximum atomic E-state index is 8.70. The molecule has 0 spiro atoms. The standard InChI is InChI=1S/C13H24N2/c1-11(2)13-5-4-9-15(10-7-13)12(3)6-8-14/h11-13H,4-7,9-10H2,1-3H3. The van der Waals surface area contributed by atoms with Gasteiger partial charge in [0.15, 0.2) is 0 Å². The molecule has 0 bridgehead atoms. The Hall–Kier alpha value is -0.550. The molecule has 15 heavy (non-hydrogen) atoms. The first kappa shape index (κ1) is 12.5. The van der Waals surface area contributed by atoms with Gasteiger partial charge < -0.3 is 0 Å². The number of rotatable bonds is 3. The first-order valence-corrected chi connectivity index (χ1v) is 6.26. The van der Waals surface area contributed by atoms with E-state index in [0.29, 0.717) is 12.5 Å². The lowest BCUT2D eigenvalue weighted by molar-refractivity contribution is 0.213. The van der Waals surface area contributed by atoms with Crippen LogP contribution in [0.5, 0.6) is 0 Å². The van der Waals surface area contributed by atoms with Crippen LogP contribution in [0.1, 0.15) is 46.5 Å². The van der Waals surface area contributed by atoms with Crippen molar-refractivity contribution in [1.29, 1.82) is 5.26 Å². The van der Waals surface area contributed by atoms with Gasteiger partial charge in [-0.3, -0.25) is 4.90 Å². The molecule has 2 heteroatoms. The quantitative estimate of drug-likeness (QED) is 0.713. The Morgan fingerprint density at radius 1 is 1.27 bits per heavy atom. The molecule has 0 aromatic heterocycles. The molecule has 1 saturated heterocycles. The van der Waals surface area contributed by atoms with Crippen molar-refractivity contribution in [2.75, 3.05) is 13.1 Å². The Labute approximate surface area is 94.3 Å². The molecule has 0 N–H and O–H groups in total. The van der Waals surface area contributed by atoms with Gasteiger partial charge in [0, 0.05) is 6.04 Å². The van der Waals surface area contributed by atoms with Crippen LogP contribution in [-0.2, 0) is 0 Å². The molecule has 0 amide bonds. The van der Waals surface area contributed by atoms with Gasteiger partial charge in [0.1, 0.15) is 0 Å². The molecule has 0 aromatic rings. The fraction of sp³-hybridized carbons (Fsp3) is 0.923. The van der Waals surface area contributed by atoms with Gasteiger partial charge in [0.2, 0.25) is 0 Å². The van der Waals surface area contributed by atoms with Crippen LogP contribution in [0.4, 0.5) is 0 Å². The van der Waals surface area contributed by atoms with Crippen LogP contribution in [0.3, 0.4) is 0 Å². The Bertz CT molecular complexity index is 217. The summed E-state index contributed by atoms with van der Waals surface area (Å²) >= 11 is 0. The smallest absolute Gasteiger partial charge is 0.0638 e.